The largest absolute Gasteiger partial charge is 0.309 e. The van der Waals surface area contributed by atoms with E-state index in [1.807, 2.05) is 0 Å². The van der Waals surface area contributed by atoms with E-state index in [4.69, 9.17) is 0 Å². The maximum absolute atomic E-state index is 2.45. The summed E-state index contributed by atoms with van der Waals surface area (Å²) in [6, 6.07) is 50.7. The number of benzene rings is 6. The quantitative estimate of drug-likeness (QED) is 0.184. The van der Waals surface area contributed by atoms with Crippen LogP contribution in [-0.2, 0) is 0 Å². The molecule has 0 amide bonds. The SMILES string of the molecule is C/C=C\C(=C/C)c1cccc(-n2c3ccccc3c3c4c5ccccc5n(-c5ccccc5-c5ccccc5)c4ccc32)c1. The molecule has 2 heterocycles. The van der Waals surface area contributed by atoms with Crippen molar-refractivity contribution in [2.75, 3.05) is 0 Å². The van der Waals surface area contributed by atoms with Crippen LogP contribution in [0.25, 0.3) is 71.7 Å². The molecule has 8 rings (SSSR count). The van der Waals surface area contributed by atoms with Gasteiger partial charge in [-0.2, -0.15) is 0 Å². The number of para-hydroxylation sites is 3. The summed E-state index contributed by atoms with van der Waals surface area (Å²) in [5.74, 6) is 0. The van der Waals surface area contributed by atoms with Crippen molar-refractivity contribution in [3.8, 4) is 22.5 Å². The van der Waals surface area contributed by atoms with Crippen molar-refractivity contribution in [2.24, 2.45) is 0 Å². The minimum atomic E-state index is 1.16. The molecule has 210 valence electrons. The highest BCUT2D eigenvalue weighted by Gasteiger charge is 2.21. The van der Waals surface area contributed by atoms with E-state index in [2.05, 4.69) is 181 Å². The van der Waals surface area contributed by atoms with Gasteiger partial charge in [-0.25, -0.2) is 0 Å². The third kappa shape index (κ3) is 3.95. The third-order valence-corrected chi connectivity index (χ3v) is 8.80. The van der Waals surface area contributed by atoms with Gasteiger partial charge in [-0.3, -0.25) is 0 Å². The van der Waals surface area contributed by atoms with Crippen LogP contribution >= 0.6 is 0 Å². The normalized spacial score (nSPS) is 12.4. The van der Waals surface area contributed by atoms with Crippen molar-refractivity contribution in [1.82, 2.24) is 9.13 Å². The zero-order valence-electron chi connectivity index (χ0n) is 24.9. The maximum atomic E-state index is 2.45. The van der Waals surface area contributed by atoms with Crippen LogP contribution in [-0.4, -0.2) is 9.13 Å². The summed E-state index contributed by atoms with van der Waals surface area (Å²) >= 11 is 0. The number of aromatic nitrogens is 2. The Labute approximate surface area is 257 Å². The molecule has 2 heteroatoms. The molecule has 44 heavy (non-hydrogen) atoms. The number of hydrogen-bond donors (Lipinski definition) is 0. The van der Waals surface area contributed by atoms with Crippen LogP contribution in [0.3, 0.4) is 0 Å². The molecule has 0 saturated heterocycles. The van der Waals surface area contributed by atoms with E-state index in [1.165, 1.54) is 71.6 Å². The summed E-state index contributed by atoms with van der Waals surface area (Å²) in [4.78, 5) is 0. The van der Waals surface area contributed by atoms with Crippen LogP contribution in [0.2, 0.25) is 0 Å². The fraction of sp³-hybridized carbons (Fsp3) is 0.0476. The van der Waals surface area contributed by atoms with Gasteiger partial charge in [0.25, 0.3) is 0 Å². The molecule has 0 N–H and O–H groups in total. The van der Waals surface area contributed by atoms with Crippen molar-refractivity contribution in [3.63, 3.8) is 0 Å². The highest BCUT2D eigenvalue weighted by atomic mass is 15.0. The molecule has 0 bridgehead atoms. The lowest BCUT2D eigenvalue weighted by atomic mass is 10.0. The number of hydrogen-bond acceptors (Lipinski definition) is 0. The molecule has 0 unspecified atom stereocenters. The lowest BCUT2D eigenvalue weighted by Crippen LogP contribution is -1.97. The van der Waals surface area contributed by atoms with E-state index >= 15 is 0 Å². The minimum Gasteiger partial charge on any atom is -0.309 e. The predicted octanol–water partition coefficient (Wildman–Crippen LogP) is 11.5. The molecular weight excluding hydrogens is 532 g/mol. The third-order valence-electron chi connectivity index (χ3n) is 8.80. The second kappa shape index (κ2) is 10.6. The van der Waals surface area contributed by atoms with Crippen molar-refractivity contribution in [3.05, 3.63) is 163 Å². The van der Waals surface area contributed by atoms with Crippen molar-refractivity contribution < 1.29 is 0 Å². The Bertz CT molecular complexity index is 2400. The second-order valence-corrected chi connectivity index (χ2v) is 11.2. The Balaban J connectivity index is 1.48. The van der Waals surface area contributed by atoms with Gasteiger partial charge in [0.1, 0.15) is 0 Å². The topological polar surface area (TPSA) is 9.86 Å². The zero-order valence-corrected chi connectivity index (χ0v) is 24.9. The number of allylic oxidation sites excluding steroid dienone is 4. The fourth-order valence-electron chi connectivity index (χ4n) is 6.95. The smallest absolute Gasteiger partial charge is 0.0549 e. The van der Waals surface area contributed by atoms with Crippen LogP contribution < -0.4 is 0 Å². The van der Waals surface area contributed by atoms with E-state index in [9.17, 15) is 0 Å². The lowest BCUT2D eigenvalue weighted by Gasteiger charge is -2.14. The number of fused-ring (bicyclic) bond motifs is 7. The van der Waals surface area contributed by atoms with Crippen LogP contribution in [0.1, 0.15) is 19.4 Å². The van der Waals surface area contributed by atoms with Gasteiger partial charge >= 0.3 is 0 Å². The Morgan fingerprint density at radius 2 is 1.14 bits per heavy atom. The van der Waals surface area contributed by atoms with Gasteiger partial charge in [0.05, 0.1) is 27.8 Å². The molecule has 0 radical (unpaired) electrons. The van der Waals surface area contributed by atoms with Gasteiger partial charge in [-0.15, -0.1) is 0 Å². The molecular formula is C42H32N2. The average molecular weight is 565 g/mol. The van der Waals surface area contributed by atoms with Crippen LogP contribution in [0.15, 0.2) is 158 Å². The molecule has 0 spiro atoms. The highest BCUT2D eigenvalue weighted by molar-refractivity contribution is 6.29. The summed E-state index contributed by atoms with van der Waals surface area (Å²) in [5, 5.41) is 5.10. The fourth-order valence-corrected chi connectivity index (χ4v) is 6.95. The molecule has 8 aromatic rings. The monoisotopic (exact) mass is 564 g/mol. The van der Waals surface area contributed by atoms with Crippen molar-refractivity contribution in [1.29, 1.82) is 0 Å². The van der Waals surface area contributed by atoms with Gasteiger partial charge < -0.3 is 9.13 Å². The summed E-state index contributed by atoms with van der Waals surface area (Å²) < 4.78 is 4.88. The van der Waals surface area contributed by atoms with Gasteiger partial charge in [-0.05, 0) is 73.0 Å². The van der Waals surface area contributed by atoms with Crippen LogP contribution in [0.5, 0.6) is 0 Å². The van der Waals surface area contributed by atoms with Gasteiger partial charge in [-0.1, -0.05) is 115 Å². The van der Waals surface area contributed by atoms with Gasteiger partial charge in [0.2, 0.25) is 0 Å². The zero-order chi connectivity index (χ0) is 29.6. The van der Waals surface area contributed by atoms with E-state index in [0.29, 0.717) is 0 Å². The molecule has 0 aliphatic heterocycles. The molecule has 6 aromatic carbocycles. The molecule has 0 atom stereocenters. The van der Waals surface area contributed by atoms with E-state index < -0.39 is 0 Å². The maximum Gasteiger partial charge on any atom is 0.0549 e. The highest BCUT2D eigenvalue weighted by Crippen LogP contribution is 2.43. The first kappa shape index (κ1) is 26.1. The molecule has 2 nitrogen and oxygen atoms in total. The van der Waals surface area contributed by atoms with E-state index in [-0.39, 0.29) is 0 Å². The Morgan fingerprint density at radius 3 is 1.84 bits per heavy atom. The number of nitrogens with zero attached hydrogens (tertiary/aromatic N) is 2. The lowest BCUT2D eigenvalue weighted by molar-refractivity contribution is 1.17. The average Bonchev–Trinajstić information content (AvgIpc) is 3.60. The first-order chi connectivity index (χ1) is 21.8. The summed E-state index contributed by atoms with van der Waals surface area (Å²) in [5.41, 5.74) is 12.1. The van der Waals surface area contributed by atoms with Gasteiger partial charge in [0, 0.05) is 32.8 Å². The van der Waals surface area contributed by atoms with Crippen molar-refractivity contribution >= 4 is 49.2 Å². The van der Waals surface area contributed by atoms with E-state index in [0.717, 1.165) is 5.69 Å². The summed E-state index contributed by atoms with van der Waals surface area (Å²) in [6.07, 6.45) is 6.46. The standard InChI is InChI=1S/C42H32N2/c1-3-15-29(4-2)31-18-14-19-32(28-31)43-37-24-12-9-21-34(37)41-39(43)26-27-40-42(41)35-22-10-13-25-38(35)44(40)36-23-11-8-20-33(36)30-16-6-5-7-17-30/h3-28H,1-2H3/b15-3-,29-4+. The molecule has 0 fully saturated rings. The molecule has 0 saturated carbocycles. The molecule has 0 aliphatic rings. The first-order valence-corrected chi connectivity index (χ1v) is 15.3. The predicted molar refractivity (Wildman–Crippen MR) is 189 cm³/mol. The summed E-state index contributed by atoms with van der Waals surface area (Å²) in [6.45, 7) is 4.17. The van der Waals surface area contributed by atoms with Crippen molar-refractivity contribution in [2.45, 2.75) is 13.8 Å². The number of rotatable bonds is 5. The Morgan fingerprint density at radius 1 is 0.523 bits per heavy atom. The van der Waals surface area contributed by atoms with Crippen LogP contribution in [0.4, 0.5) is 0 Å². The van der Waals surface area contributed by atoms with E-state index in [1.54, 1.807) is 0 Å². The molecule has 2 aromatic heterocycles. The van der Waals surface area contributed by atoms with Crippen LogP contribution in [0, 0.1) is 0 Å². The Hall–Kier alpha value is -5.60. The summed E-state index contributed by atoms with van der Waals surface area (Å²) in [7, 11) is 0. The minimum absolute atomic E-state index is 1.16. The molecule has 0 aliphatic carbocycles. The first-order valence-electron chi connectivity index (χ1n) is 15.3. The van der Waals surface area contributed by atoms with Gasteiger partial charge in [0.15, 0.2) is 0 Å². The second-order valence-electron chi connectivity index (χ2n) is 11.2. The Kier molecular flexibility index (Phi) is 6.27.